The van der Waals surface area contributed by atoms with E-state index in [2.05, 4.69) is 48.3 Å². The zero-order valence-electron chi connectivity index (χ0n) is 12.6. The summed E-state index contributed by atoms with van der Waals surface area (Å²) < 4.78 is 0. The largest absolute Gasteiger partial charge is 0.370 e. The van der Waals surface area contributed by atoms with Crippen molar-refractivity contribution in [1.29, 1.82) is 0 Å². The standard InChI is InChI=1S/C15H26N4/c1-5-7-12-13(16-6-2)18-10-19-14(12)17-9-11-8-15(11,3)4/h10-11H,5-9H2,1-4H3,(H2,16,17,18,19). The molecule has 1 heterocycles. The molecular weight excluding hydrogens is 236 g/mol. The predicted molar refractivity (Wildman–Crippen MR) is 80.6 cm³/mol. The summed E-state index contributed by atoms with van der Waals surface area (Å²) in [5.74, 6) is 2.77. The Kier molecular flexibility index (Phi) is 4.27. The van der Waals surface area contributed by atoms with Gasteiger partial charge in [0, 0.05) is 18.7 Å². The third-order valence-corrected chi connectivity index (χ3v) is 4.02. The lowest BCUT2D eigenvalue weighted by Crippen LogP contribution is -2.13. The van der Waals surface area contributed by atoms with Gasteiger partial charge in [0.1, 0.15) is 18.0 Å². The van der Waals surface area contributed by atoms with E-state index in [1.807, 2.05) is 0 Å². The van der Waals surface area contributed by atoms with Gasteiger partial charge in [-0.2, -0.15) is 0 Å². The van der Waals surface area contributed by atoms with Crippen molar-refractivity contribution < 1.29 is 0 Å². The van der Waals surface area contributed by atoms with Gasteiger partial charge in [-0.1, -0.05) is 27.2 Å². The van der Waals surface area contributed by atoms with E-state index < -0.39 is 0 Å². The minimum Gasteiger partial charge on any atom is -0.370 e. The summed E-state index contributed by atoms with van der Waals surface area (Å²) in [6.45, 7) is 10.9. The molecule has 1 aliphatic carbocycles. The lowest BCUT2D eigenvalue weighted by molar-refractivity contribution is 0.572. The highest BCUT2D eigenvalue weighted by Gasteiger charge is 2.45. The SMILES string of the molecule is CCCc1c(NCC)ncnc1NCC1CC1(C)C. The Labute approximate surface area is 116 Å². The van der Waals surface area contributed by atoms with Gasteiger partial charge in [-0.3, -0.25) is 0 Å². The summed E-state index contributed by atoms with van der Waals surface area (Å²) >= 11 is 0. The Morgan fingerprint density at radius 2 is 1.84 bits per heavy atom. The van der Waals surface area contributed by atoms with Gasteiger partial charge in [0.25, 0.3) is 0 Å². The van der Waals surface area contributed by atoms with Crippen molar-refractivity contribution in [3.8, 4) is 0 Å². The average Bonchev–Trinajstić information content (AvgIpc) is 2.98. The van der Waals surface area contributed by atoms with Gasteiger partial charge in [-0.15, -0.1) is 0 Å². The van der Waals surface area contributed by atoms with Gasteiger partial charge in [-0.25, -0.2) is 9.97 Å². The molecule has 1 fully saturated rings. The van der Waals surface area contributed by atoms with Crippen molar-refractivity contribution in [2.24, 2.45) is 11.3 Å². The highest BCUT2D eigenvalue weighted by molar-refractivity contribution is 5.57. The topological polar surface area (TPSA) is 49.8 Å². The van der Waals surface area contributed by atoms with Gasteiger partial charge < -0.3 is 10.6 Å². The summed E-state index contributed by atoms with van der Waals surface area (Å²) in [7, 11) is 0. The van der Waals surface area contributed by atoms with E-state index in [1.165, 1.54) is 12.0 Å². The van der Waals surface area contributed by atoms with Crippen LogP contribution in [0.5, 0.6) is 0 Å². The van der Waals surface area contributed by atoms with Crippen LogP contribution in [-0.4, -0.2) is 23.1 Å². The van der Waals surface area contributed by atoms with E-state index >= 15 is 0 Å². The van der Waals surface area contributed by atoms with Crippen LogP contribution >= 0.6 is 0 Å². The quantitative estimate of drug-likeness (QED) is 0.791. The molecule has 0 saturated heterocycles. The molecule has 0 bridgehead atoms. The third kappa shape index (κ3) is 3.37. The maximum Gasteiger partial charge on any atom is 0.134 e. The fourth-order valence-corrected chi connectivity index (χ4v) is 2.52. The van der Waals surface area contributed by atoms with Crippen LogP contribution in [0.15, 0.2) is 6.33 Å². The van der Waals surface area contributed by atoms with Crippen molar-refractivity contribution in [2.75, 3.05) is 23.7 Å². The lowest BCUT2D eigenvalue weighted by Gasteiger charge is -2.14. The zero-order valence-corrected chi connectivity index (χ0v) is 12.6. The van der Waals surface area contributed by atoms with Gasteiger partial charge in [0.2, 0.25) is 0 Å². The molecule has 19 heavy (non-hydrogen) atoms. The molecule has 1 aromatic heterocycles. The first-order valence-electron chi connectivity index (χ1n) is 7.40. The second kappa shape index (κ2) is 5.76. The molecule has 1 atom stereocenters. The molecule has 1 aromatic rings. The van der Waals surface area contributed by atoms with Crippen LogP contribution in [0.4, 0.5) is 11.6 Å². The molecule has 1 saturated carbocycles. The smallest absolute Gasteiger partial charge is 0.134 e. The van der Waals surface area contributed by atoms with E-state index in [1.54, 1.807) is 6.33 Å². The second-order valence-corrected chi connectivity index (χ2v) is 6.10. The molecule has 1 aliphatic rings. The number of nitrogens with one attached hydrogen (secondary N) is 2. The predicted octanol–water partition coefficient (Wildman–Crippen LogP) is 3.32. The minimum atomic E-state index is 0.509. The highest BCUT2D eigenvalue weighted by Crippen LogP contribution is 2.51. The second-order valence-electron chi connectivity index (χ2n) is 6.10. The van der Waals surface area contributed by atoms with Crippen LogP contribution in [-0.2, 0) is 6.42 Å². The van der Waals surface area contributed by atoms with Crippen molar-refractivity contribution in [3.63, 3.8) is 0 Å². The molecule has 106 valence electrons. The van der Waals surface area contributed by atoms with Crippen molar-refractivity contribution in [1.82, 2.24) is 9.97 Å². The van der Waals surface area contributed by atoms with Crippen molar-refractivity contribution >= 4 is 11.6 Å². The lowest BCUT2D eigenvalue weighted by atomic mass is 10.1. The summed E-state index contributed by atoms with van der Waals surface area (Å²) in [5.41, 5.74) is 1.74. The van der Waals surface area contributed by atoms with Gasteiger partial charge >= 0.3 is 0 Å². The fourth-order valence-electron chi connectivity index (χ4n) is 2.52. The molecule has 2 rings (SSSR count). The normalized spacial score (nSPS) is 20.1. The molecule has 2 N–H and O–H groups in total. The minimum absolute atomic E-state index is 0.509. The molecular formula is C15H26N4. The summed E-state index contributed by atoms with van der Waals surface area (Å²) in [6.07, 6.45) is 5.08. The molecule has 0 radical (unpaired) electrons. The van der Waals surface area contributed by atoms with Crippen molar-refractivity contribution in [2.45, 2.75) is 47.0 Å². The molecule has 0 aliphatic heterocycles. The Morgan fingerprint density at radius 1 is 1.21 bits per heavy atom. The molecule has 4 nitrogen and oxygen atoms in total. The number of hydrogen-bond donors (Lipinski definition) is 2. The Bertz CT molecular complexity index is 428. The highest BCUT2D eigenvalue weighted by atomic mass is 15.1. The first-order valence-corrected chi connectivity index (χ1v) is 7.40. The molecule has 1 unspecified atom stereocenters. The number of nitrogens with zero attached hydrogens (tertiary/aromatic N) is 2. The number of hydrogen-bond acceptors (Lipinski definition) is 4. The molecule has 0 amide bonds. The van der Waals surface area contributed by atoms with Crippen LogP contribution in [0.1, 0.15) is 46.1 Å². The maximum absolute atomic E-state index is 4.43. The summed E-state index contributed by atoms with van der Waals surface area (Å²) in [4.78, 5) is 8.78. The average molecular weight is 262 g/mol. The van der Waals surface area contributed by atoms with E-state index in [4.69, 9.17) is 0 Å². The monoisotopic (exact) mass is 262 g/mol. The van der Waals surface area contributed by atoms with Gasteiger partial charge in [0.15, 0.2) is 0 Å². The van der Waals surface area contributed by atoms with E-state index in [0.717, 1.165) is 43.5 Å². The van der Waals surface area contributed by atoms with E-state index in [9.17, 15) is 0 Å². The van der Waals surface area contributed by atoms with E-state index in [-0.39, 0.29) is 0 Å². The van der Waals surface area contributed by atoms with Crippen LogP contribution in [0.25, 0.3) is 0 Å². The van der Waals surface area contributed by atoms with Gasteiger partial charge in [-0.05, 0) is 31.1 Å². The van der Waals surface area contributed by atoms with Crippen LogP contribution in [0.2, 0.25) is 0 Å². The Hall–Kier alpha value is -1.32. The zero-order chi connectivity index (χ0) is 13.9. The van der Waals surface area contributed by atoms with Crippen LogP contribution in [0, 0.1) is 11.3 Å². The van der Waals surface area contributed by atoms with E-state index in [0.29, 0.717) is 5.41 Å². The maximum atomic E-state index is 4.43. The van der Waals surface area contributed by atoms with Crippen LogP contribution < -0.4 is 10.6 Å². The van der Waals surface area contributed by atoms with Crippen LogP contribution in [0.3, 0.4) is 0 Å². The number of aromatic nitrogens is 2. The summed E-state index contributed by atoms with van der Waals surface area (Å²) in [6, 6.07) is 0. The Balaban J connectivity index is 2.07. The first-order chi connectivity index (χ1) is 9.08. The number of rotatable bonds is 7. The molecule has 4 heteroatoms. The van der Waals surface area contributed by atoms with Gasteiger partial charge in [0.05, 0.1) is 0 Å². The first kappa shape index (κ1) is 14.1. The number of anilines is 2. The van der Waals surface area contributed by atoms with Crippen molar-refractivity contribution in [3.05, 3.63) is 11.9 Å². The fraction of sp³-hybridized carbons (Fsp3) is 0.733. The molecule has 0 aromatic carbocycles. The molecule has 0 spiro atoms. The summed E-state index contributed by atoms with van der Waals surface area (Å²) in [5, 5.41) is 6.85. The Morgan fingerprint density at radius 3 is 2.37 bits per heavy atom. The third-order valence-electron chi connectivity index (χ3n) is 4.02.